The van der Waals surface area contributed by atoms with Crippen LogP contribution in [0.3, 0.4) is 0 Å². The average molecular weight is 182 g/mol. The van der Waals surface area contributed by atoms with Gasteiger partial charge in [-0.25, -0.2) is 0 Å². The molecule has 1 aromatic carbocycles. The van der Waals surface area contributed by atoms with Crippen molar-refractivity contribution in [3.8, 4) is 23.7 Å². The summed E-state index contributed by atoms with van der Waals surface area (Å²) < 4.78 is 0. The van der Waals surface area contributed by atoms with E-state index in [1.54, 1.807) is 0 Å². The van der Waals surface area contributed by atoms with E-state index in [2.05, 4.69) is 23.7 Å². The molecule has 0 spiro atoms. The summed E-state index contributed by atoms with van der Waals surface area (Å²) in [7, 11) is 0. The van der Waals surface area contributed by atoms with Gasteiger partial charge in [0.15, 0.2) is 0 Å². The minimum absolute atomic E-state index is 0.546. The van der Waals surface area contributed by atoms with Crippen LogP contribution in [0.15, 0.2) is 24.3 Å². The average Bonchev–Trinajstić information content (AvgIpc) is 2.30. The van der Waals surface area contributed by atoms with Gasteiger partial charge in [-0.05, 0) is 18.6 Å². The van der Waals surface area contributed by atoms with Crippen molar-refractivity contribution in [2.45, 2.75) is 18.9 Å². The van der Waals surface area contributed by atoms with Crippen LogP contribution in [0.4, 0.5) is 0 Å². The zero-order valence-corrected chi connectivity index (χ0v) is 7.75. The fraction of sp³-hybridized carbons (Fsp3) is 0.231. The first-order valence-corrected chi connectivity index (χ1v) is 4.64. The molecule has 1 unspecified atom stereocenters. The second-order valence-electron chi connectivity index (χ2n) is 3.17. The van der Waals surface area contributed by atoms with Crippen molar-refractivity contribution in [3.05, 3.63) is 35.4 Å². The topological polar surface area (TPSA) is 20.2 Å². The summed E-state index contributed by atoms with van der Waals surface area (Å²) in [5, 5.41) is 9.42. The molecule has 0 aromatic heterocycles. The van der Waals surface area contributed by atoms with Crippen LogP contribution in [-0.4, -0.2) is 11.2 Å². The Labute approximate surface area is 83.8 Å². The van der Waals surface area contributed by atoms with Gasteiger partial charge in [-0.2, -0.15) is 0 Å². The highest BCUT2D eigenvalue weighted by Crippen LogP contribution is 2.07. The van der Waals surface area contributed by atoms with Crippen molar-refractivity contribution < 1.29 is 5.11 Å². The molecule has 0 saturated heterocycles. The molecule has 0 fully saturated rings. The van der Waals surface area contributed by atoms with Crippen molar-refractivity contribution in [1.29, 1.82) is 0 Å². The standard InChI is InChI=1S/C13H10O/c14-13-8-4-3-6-11-5-1-2-7-12(11)9-10-13/h1-2,5,7,13-14H,4,8H2. The molecule has 1 aliphatic rings. The van der Waals surface area contributed by atoms with Crippen molar-refractivity contribution in [2.75, 3.05) is 0 Å². The van der Waals surface area contributed by atoms with Crippen molar-refractivity contribution in [3.63, 3.8) is 0 Å². The maximum Gasteiger partial charge on any atom is 0.116 e. The van der Waals surface area contributed by atoms with E-state index in [9.17, 15) is 5.11 Å². The summed E-state index contributed by atoms with van der Waals surface area (Å²) in [6.45, 7) is 0. The summed E-state index contributed by atoms with van der Waals surface area (Å²) in [6, 6.07) is 7.76. The van der Waals surface area contributed by atoms with Gasteiger partial charge in [0.2, 0.25) is 0 Å². The Morgan fingerprint density at radius 2 is 1.86 bits per heavy atom. The Kier molecular flexibility index (Phi) is 2.54. The smallest absolute Gasteiger partial charge is 0.116 e. The molecule has 68 valence electrons. The molecule has 0 saturated carbocycles. The second-order valence-corrected chi connectivity index (χ2v) is 3.17. The minimum Gasteiger partial charge on any atom is -0.380 e. The lowest BCUT2D eigenvalue weighted by atomic mass is 10.1. The summed E-state index contributed by atoms with van der Waals surface area (Å²) in [4.78, 5) is 0. The second kappa shape index (κ2) is 4.01. The van der Waals surface area contributed by atoms with Crippen LogP contribution in [-0.2, 0) is 0 Å². The van der Waals surface area contributed by atoms with E-state index in [0.29, 0.717) is 12.8 Å². The Morgan fingerprint density at radius 1 is 1.14 bits per heavy atom. The van der Waals surface area contributed by atoms with Crippen LogP contribution < -0.4 is 0 Å². The Morgan fingerprint density at radius 3 is 2.64 bits per heavy atom. The fourth-order valence-electron chi connectivity index (χ4n) is 1.30. The minimum atomic E-state index is -0.546. The third-order valence-electron chi connectivity index (χ3n) is 2.07. The van der Waals surface area contributed by atoms with Crippen molar-refractivity contribution in [2.24, 2.45) is 0 Å². The number of benzene rings is 1. The summed E-state index contributed by atoms with van der Waals surface area (Å²) in [5.74, 6) is 11.8. The largest absolute Gasteiger partial charge is 0.380 e. The molecule has 0 amide bonds. The molecule has 1 nitrogen and oxygen atoms in total. The molecule has 1 heteroatoms. The van der Waals surface area contributed by atoms with E-state index in [1.807, 2.05) is 24.3 Å². The van der Waals surface area contributed by atoms with Crippen LogP contribution in [0.1, 0.15) is 24.0 Å². The number of rotatable bonds is 0. The Balaban J connectivity index is 2.49. The number of hydrogen-bond donors (Lipinski definition) is 1. The lowest BCUT2D eigenvalue weighted by Gasteiger charge is -1.96. The third kappa shape index (κ3) is 1.96. The van der Waals surface area contributed by atoms with Gasteiger partial charge in [-0.15, -0.1) is 0 Å². The molecule has 0 radical (unpaired) electrons. The van der Waals surface area contributed by atoms with Crippen molar-refractivity contribution >= 4 is 0 Å². The molecule has 1 N–H and O–H groups in total. The van der Waals surface area contributed by atoms with E-state index in [0.717, 1.165) is 11.1 Å². The van der Waals surface area contributed by atoms with Crippen LogP contribution in [0, 0.1) is 23.7 Å². The number of hydrogen-bond acceptors (Lipinski definition) is 1. The van der Waals surface area contributed by atoms with Crippen LogP contribution in [0.25, 0.3) is 0 Å². The van der Waals surface area contributed by atoms with Crippen LogP contribution >= 0.6 is 0 Å². The molecule has 0 aliphatic heterocycles. The Bertz CT molecular complexity index is 451. The predicted molar refractivity (Wildman–Crippen MR) is 55.4 cm³/mol. The van der Waals surface area contributed by atoms with E-state index in [-0.39, 0.29) is 0 Å². The van der Waals surface area contributed by atoms with Gasteiger partial charge < -0.3 is 5.11 Å². The molecule has 0 bridgehead atoms. The quantitative estimate of drug-likeness (QED) is 0.603. The van der Waals surface area contributed by atoms with Crippen LogP contribution in [0.5, 0.6) is 0 Å². The van der Waals surface area contributed by atoms with Crippen LogP contribution in [0.2, 0.25) is 0 Å². The van der Waals surface area contributed by atoms with E-state index < -0.39 is 6.10 Å². The first-order valence-electron chi connectivity index (χ1n) is 4.64. The molecule has 1 atom stereocenters. The molecule has 0 heterocycles. The van der Waals surface area contributed by atoms with Gasteiger partial charge in [-0.1, -0.05) is 35.8 Å². The van der Waals surface area contributed by atoms with Gasteiger partial charge in [0.1, 0.15) is 6.10 Å². The lowest BCUT2D eigenvalue weighted by molar-refractivity contribution is 0.224. The zero-order valence-electron chi connectivity index (χ0n) is 7.75. The number of fused-ring (bicyclic) bond motifs is 1. The zero-order chi connectivity index (χ0) is 9.80. The normalized spacial score (nSPS) is 18.5. The van der Waals surface area contributed by atoms with E-state index in [4.69, 9.17) is 0 Å². The highest BCUT2D eigenvalue weighted by molar-refractivity contribution is 5.50. The molecule has 2 rings (SSSR count). The molecular weight excluding hydrogens is 172 g/mol. The highest BCUT2D eigenvalue weighted by Gasteiger charge is 2.00. The molecule has 1 aliphatic carbocycles. The highest BCUT2D eigenvalue weighted by atomic mass is 16.3. The molecular formula is C13H10O. The van der Waals surface area contributed by atoms with Gasteiger partial charge in [0.25, 0.3) is 0 Å². The van der Waals surface area contributed by atoms with E-state index >= 15 is 0 Å². The van der Waals surface area contributed by atoms with E-state index in [1.165, 1.54) is 0 Å². The van der Waals surface area contributed by atoms with Gasteiger partial charge in [-0.3, -0.25) is 0 Å². The monoisotopic (exact) mass is 182 g/mol. The SMILES string of the molecule is OC1C#Cc2ccccc2C#CCC1. The first kappa shape index (κ1) is 8.88. The van der Waals surface area contributed by atoms with Gasteiger partial charge in [0.05, 0.1) is 0 Å². The maximum absolute atomic E-state index is 9.42. The number of aliphatic hydroxyl groups excluding tert-OH is 1. The number of aliphatic hydroxyl groups is 1. The third-order valence-corrected chi connectivity index (χ3v) is 2.07. The maximum atomic E-state index is 9.42. The first-order chi connectivity index (χ1) is 6.86. The molecule has 1 aromatic rings. The summed E-state index contributed by atoms with van der Waals surface area (Å²) in [6.07, 6.45) is 0.786. The van der Waals surface area contributed by atoms with Gasteiger partial charge >= 0.3 is 0 Å². The summed E-state index contributed by atoms with van der Waals surface area (Å²) in [5.41, 5.74) is 1.86. The Hall–Kier alpha value is -1.70. The lowest BCUT2D eigenvalue weighted by Crippen LogP contribution is -2.01. The predicted octanol–water partition coefficient (Wildman–Crippen LogP) is 1.54. The summed E-state index contributed by atoms with van der Waals surface area (Å²) >= 11 is 0. The fourth-order valence-corrected chi connectivity index (χ4v) is 1.30. The van der Waals surface area contributed by atoms with Crippen molar-refractivity contribution in [1.82, 2.24) is 0 Å². The van der Waals surface area contributed by atoms with Gasteiger partial charge in [0, 0.05) is 17.5 Å². The molecule has 14 heavy (non-hydrogen) atoms.